The predicted octanol–water partition coefficient (Wildman–Crippen LogP) is 2.06. The lowest BCUT2D eigenvalue weighted by Crippen LogP contribution is -2.44. The summed E-state index contributed by atoms with van der Waals surface area (Å²) in [7, 11) is 0. The summed E-state index contributed by atoms with van der Waals surface area (Å²) in [6, 6.07) is 10.1. The maximum absolute atomic E-state index is 13.4. The van der Waals surface area contributed by atoms with Crippen molar-refractivity contribution in [1.82, 2.24) is 20.3 Å². The topological polar surface area (TPSA) is 72.2 Å². The molecule has 1 aliphatic rings. The van der Waals surface area contributed by atoms with Crippen LogP contribution in [0.2, 0.25) is 0 Å². The average Bonchev–Trinajstić information content (AvgIpc) is 3.36. The molecule has 2 N–H and O–H groups in total. The number of benzene rings is 1. The van der Waals surface area contributed by atoms with E-state index in [0.29, 0.717) is 24.3 Å². The van der Waals surface area contributed by atoms with Crippen molar-refractivity contribution >= 4 is 11.3 Å². The third-order valence-electron chi connectivity index (χ3n) is 4.41. The third-order valence-corrected chi connectivity index (χ3v) is 5.29. The number of nitrogens with one attached hydrogen (secondary N) is 1. The van der Waals surface area contributed by atoms with Gasteiger partial charge in [0.2, 0.25) is 0 Å². The zero-order valence-electron chi connectivity index (χ0n) is 14.0. The fraction of sp³-hybridized carbons (Fsp3) is 0.333. The Morgan fingerprint density at radius 1 is 1.35 bits per heavy atom. The van der Waals surface area contributed by atoms with E-state index >= 15 is 0 Å². The molecule has 0 amide bonds. The summed E-state index contributed by atoms with van der Waals surface area (Å²) in [5.41, 5.74) is 1.28. The van der Waals surface area contributed by atoms with Crippen molar-refractivity contribution < 1.29 is 14.2 Å². The number of aromatic nitrogens is 3. The van der Waals surface area contributed by atoms with E-state index in [2.05, 4.69) is 21.7 Å². The largest absolute Gasteiger partial charge is 0.389 e. The Morgan fingerprint density at radius 2 is 2.27 bits per heavy atom. The number of nitrogens with zero attached hydrogens (tertiary/aromatic N) is 3. The minimum Gasteiger partial charge on any atom is -0.389 e. The summed E-state index contributed by atoms with van der Waals surface area (Å²) in [5.74, 6) is -0.308. The molecule has 0 aliphatic carbocycles. The predicted molar refractivity (Wildman–Crippen MR) is 96.1 cm³/mol. The number of aliphatic hydroxyl groups excluding tert-OH is 1. The number of hydrogen-bond donors (Lipinski definition) is 2. The van der Waals surface area contributed by atoms with Crippen LogP contribution in [0.15, 0.2) is 48.0 Å². The van der Waals surface area contributed by atoms with Gasteiger partial charge in [0.15, 0.2) is 0 Å². The first-order chi connectivity index (χ1) is 12.7. The molecule has 1 aliphatic heterocycles. The van der Waals surface area contributed by atoms with Crippen LogP contribution in [0, 0.1) is 5.82 Å². The second kappa shape index (κ2) is 7.63. The summed E-state index contributed by atoms with van der Waals surface area (Å²) in [6.07, 6.45) is 0.984. The Kier molecular flexibility index (Phi) is 5.07. The van der Waals surface area contributed by atoms with E-state index in [1.807, 2.05) is 11.4 Å². The van der Waals surface area contributed by atoms with Gasteiger partial charge in [-0.2, -0.15) is 0 Å². The highest BCUT2D eigenvalue weighted by atomic mass is 32.1. The normalized spacial score (nSPS) is 22.8. The second-order valence-corrected chi connectivity index (χ2v) is 7.29. The molecule has 2 aromatic heterocycles. The van der Waals surface area contributed by atoms with Gasteiger partial charge >= 0.3 is 0 Å². The first kappa shape index (κ1) is 17.3. The van der Waals surface area contributed by atoms with Crippen LogP contribution in [-0.2, 0) is 17.8 Å². The summed E-state index contributed by atoms with van der Waals surface area (Å²) < 4.78 is 20.8. The molecule has 3 heterocycles. The van der Waals surface area contributed by atoms with Gasteiger partial charge in [-0.15, -0.1) is 16.4 Å². The summed E-state index contributed by atoms with van der Waals surface area (Å²) in [5, 5.41) is 23.8. The van der Waals surface area contributed by atoms with Crippen molar-refractivity contribution in [2.45, 2.75) is 31.3 Å². The second-order valence-electron chi connectivity index (χ2n) is 6.26. The highest BCUT2D eigenvalue weighted by Gasteiger charge is 2.36. The van der Waals surface area contributed by atoms with Crippen LogP contribution in [0.4, 0.5) is 4.39 Å². The minimum absolute atomic E-state index is 0.182. The van der Waals surface area contributed by atoms with E-state index in [1.165, 1.54) is 17.0 Å². The van der Waals surface area contributed by atoms with Crippen LogP contribution < -0.4 is 5.32 Å². The molecule has 1 fully saturated rings. The van der Waals surface area contributed by atoms with E-state index < -0.39 is 6.10 Å². The van der Waals surface area contributed by atoms with Crippen molar-refractivity contribution in [1.29, 1.82) is 0 Å². The van der Waals surface area contributed by atoms with E-state index in [1.54, 1.807) is 34.3 Å². The van der Waals surface area contributed by atoms with Crippen molar-refractivity contribution in [3.63, 3.8) is 0 Å². The molecule has 0 unspecified atom stereocenters. The number of ether oxygens (including phenoxy) is 1. The monoisotopic (exact) mass is 374 g/mol. The molecule has 6 nitrogen and oxygen atoms in total. The number of thiophene rings is 1. The molecule has 0 spiro atoms. The molecule has 0 radical (unpaired) electrons. The van der Waals surface area contributed by atoms with Crippen LogP contribution in [0.5, 0.6) is 0 Å². The van der Waals surface area contributed by atoms with Gasteiger partial charge in [0.1, 0.15) is 11.5 Å². The van der Waals surface area contributed by atoms with Crippen LogP contribution in [-0.4, -0.2) is 45.0 Å². The smallest absolute Gasteiger partial charge is 0.123 e. The molecule has 4 rings (SSSR count). The summed E-state index contributed by atoms with van der Waals surface area (Å²) in [4.78, 5) is 1.21. The first-order valence-corrected chi connectivity index (χ1v) is 9.28. The van der Waals surface area contributed by atoms with Gasteiger partial charge in [-0.3, -0.25) is 0 Å². The van der Waals surface area contributed by atoms with Gasteiger partial charge in [-0.05, 0) is 23.6 Å². The molecule has 1 aromatic carbocycles. The Morgan fingerprint density at radius 3 is 3.08 bits per heavy atom. The molecule has 0 bridgehead atoms. The highest BCUT2D eigenvalue weighted by Crippen LogP contribution is 2.20. The Bertz CT molecular complexity index is 855. The molecule has 136 valence electrons. The van der Waals surface area contributed by atoms with Crippen molar-refractivity contribution in [3.8, 4) is 11.3 Å². The molecule has 8 heteroatoms. The summed E-state index contributed by atoms with van der Waals surface area (Å²) in [6.45, 7) is 1.44. The zero-order valence-corrected chi connectivity index (χ0v) is 14.8. The first-order valence-electron chi connectivity index (χ1n) is 8.40. The van der Waals surface area contributed by atoms with Gasteiger partial charge in [0.05, 0.1) is 37.6 Å². The van der Waals surface area contributed by atoms with E-state index in [4.69, 9.17) is 4.74 Å². The molecular formula is C18H19FN4O2S. The molecule has 3 atom stereocenters. The number of rotatable bonds is 6. The summed E-state index contributed by atoms with van der Waals surface area (Å²) >= 11 is 1.67. The fourth-order valence-corrected chi connectivity index (χ4v) is 3.75. The van der Waals surface area contributed by atoms with Gasteiger partial charge < -0.3 is 15.2 Å². The Balaban J connectivity index is 1.42. The van der Waals surface area contributed by atoms with E-state index in [-0.39, 0.29) is 24.6 Å². The maximum atomic E-state index is 13.4. The zero-order chi connectivity index (χ0) is 17.9. The van der Waals surface area contributed by atoms with E-state index in [0.717, 1.165) is 0 Å². The van der Waals surface area contributed by atoms with Gasteiger partial charge in [0.25, 0.3) is 0 Å². The van der Waals surface area contributed by atoms with Gasteiger partial charge in [0, 0.05) is 17.0 Å². The molecule has 3 aromatic rings. The van der Waals surface area contributed by atoms with Crippen LogP contribution in [0.1, 0.15) is 4.88 Å². The average molecular weight is 374 g/mol. The lowest BCUT2D eigenvalue weighted by atomic mass is 10.1. The SMILES string of the molecule is O[C@H]1CO[C@H](Cn2cc(-c3cccc(F)c3)nn2)[C@@H]1NCc1cccs1. The fourth-order valence-electron chi connectivity index (χ4n) is 3.09. The number of halogens is 1. The van der Waals surface area contributed by atoms with Crippen molar-refractivity contribution in [2.75, 3.05) is 6.61 Å². The van der Waals surface area contributed by atoms with Crippen LogP contribution in [0.25, 0.3) is 11.3 Å². The Hall–Kier alpha value is -2.13. The standard InChI is InChI=1S/C18H19FN4O2S/c19-13-4-1-3-12(7-13)15-9-23(22-21-15)10-17-18(16(24)11-25-17)20-8-14-5-2-6-26-14/h1-7,9,16-18,20,24H,8,10-11H2/t16-,17+,18+/m0/s1. The van der Waals surface area contributed by atoms with Gasteiger partial charge in [-0.1, -0.05) is 23.4 Å². The van der Waals surface area contributed by atoms with Crippen molar-refractivity contribution in [2.24, 2.45) is 0 Å². The van der Waals surface area contributed by atoms with Crippen molar-refractivity contribution in [3.05, 3.63) is 58.7 Å². The molecular weight excluding hydrogens is 355 g/mol. The maximum Gasteiger partial charge on any atom is 0.123 e. The van der Waals surface area contributed by atoms with E-state index in [9.17, 15) is 9.50 Å². The van der Waals surface area contributed by atoms with Crippen LogP contribution >= 0.6 is 11.3 Å². The lowest BCUT2D eigenvalue weighted by molar-refractivity contribution is 0.0741. The quantitative estimate of drug-likeness (QED) is 0.691. The molecule has 26 heavy (non-hydrogen) atoms. The number of hydrogen-bond acceptors (Lipinski definition) is 6. The minimum atomic E-state index is -0.564. The number of aliphatic hydroxyl groups is 1. The van der Waals surface area contributed by atoms with Crippen LogP contribution in [0.3, 0.4) is 0 Å². The van der Waals surface area contributed by atoms with Gasteiger partial charge in [-0.25, -0.2) is 9.07 Å². The molecule has 0 saturated carbocycles. The lowest BCUT2D eigenvalue weighted by Gasteiger charge is -2.21. The highest BCUT2D eigenvalue weighted by molar-refractivity contribution is 7.09. The molecule has 1 saturated heterocycles. The Labute approximate surface area is 154 Å². The third kappa shape index (κ3) is 3.83.